The maximum Gasteiger partial charge on any atom is 0.259 e. The molecule has 5 nitrogen and oxygen atoms in total. The third kappa shape index (κ3) is 5.35. The van der Waals surface area contributed by atoms with Crippen molar-refractivity contribution in [3.63, 3.8) is 0 Å². The van der Waals surface area contributed by atoms with Gasteiger partial charge in [-0.3, -0.25) is 9.59 Å². The van der Waals surface area contributed by atoms with Gasteiger partial charge in [-0.05, 0) is 50.5 Å². The summed E-state index contributed by atoms with van der Waals surface area (Å²) in [4.78, 5) is 34.2. The number of aromatic amines is 1. The van der Waals surface area contributed by atoms with Gasteiger partial charge < -0.3 is 10.3 Å². The molecule has 2 aromatic heterocycles. The Balaban J connectivity index is 1.45. The maximum absolute atomic E-state index is 12.4. The molecule has 0 radical (unpaired) electrons. The standard InChI is InChI=1S/C20H29N3O2S2/c1-12(2)7-8-13(3)21-17(24)9-10-26-11-16-22-19(25)18-14-5-4-6-15(14)27-20(18)23-16/h12-13H,4-11H2,1-3H3,(H,21,24)(H,22,23,25). The molecule has 0 aromatic carbocycles. The Hall–Kier alpha value is -1.34. The number of hydrogen-bond donors (Lipinski definition) is 2. The second-order valence-electron chi connectivity index (χ2n) is 7.79. The number of nitrogens with one attached hydrogen (secondary N) is 2. The lowest BCUT2D eigenvalue weighted by Crippen LogP contribution is -2.32. The molecular formula is C20H29N3O2S2. The highest BCUT2D eigenvalue weighted by atomic mass is 32.2. The number of fused-ring (bicyclic) bond motifs is 3. The molecule has 0 bridgehead atoms. The summed E-state index contributed by atoms with van der Waals surface area (Å²) < 4.78 is 0. The normalized spacial score (nSPS) is 14.7. The molecule has 1 aliphatic rings. The van der Waals surface area contributed by atoms with E-state index >= 15 is 0 Å². The summed E-state index contributed by atoms with van der Waals surface area (Å²) >= 11 is 3.31. The van der Waals surface area contributed by atoms with Gasteiger partial charge in [0.25, 0.3) is 5.56 Å². The minimum absolute atomic E-state index is 0.00767. The zero-order chi connectivity index (χ0) is 19.4. The molecule has 3 rings (SSSR count). The van der Waals surface area contributed by atoms with Gasteiger partial charge in [0.15, 0.2) is 0 Å². The third-order valence-corrected chi connectivity index (χ3v) is 7.08. The Labute approximate surface area is 168 Å². The SMILES string of the molecule is CC(C)CCC(C)NC(=O)CCSCc1nc2sc3c(c2c(=O)[nH]1)CCC3. The van der Waals surface area contributed by atoms with Gasteiger partial charge in [0, 0.05) is 23.1 Å². The molecule has 1 atom stereocenters. The van der Waals surface area contributed by atoms with E-state index in [0.29, 0.717) is 23.9 Å². The topological polar surface area (TPSA) is 74.8 Å². The number of carbonyl (C=O) groups excluding carboxylic acids is 1. The Bertz CT molecular complexity index is 857. The summed E-state index contributed by atoms with van der Waals surface area (Å²) in [6, 6.07) is 0.228. The Morgan fingerprint density at radius 2 is 2.11 bits per heavy atom. The minimum atomic E-state index is -0.00767. The smallest absolute Gasteiger partial charge is 0.259 e. The van der Waals surface area contributed by atoms with Crippen LogP contribution in [0.4, 0.5) is 0 Å². The van der Waals surface area contributed by atoms with Crippen LogP contribution in [0.3, 0.4) is 0 Å². The van der Waals surface area contributed by atoms with Crippen molar-refractivity contribution < 1.29 is 4.79 Å². The Kier molecular flexibility index (Phi) is 6.98. The fourth-order valence-corrected chi connectivity index (χ4v) is 5.54. The molecule has 1 amide bonds. The predicted octanol–water partition coefficient (Wildman–Crippen LogP) is 4.04. The maximum atomic E-state index is 12.4. The lowest BCUT2D eigenvalue weighted by Gasteiger charge is -2.14. The van der Waals surface area contributed by atoms with Crippen molar-refractivity contribution in [1.29, 1.82) is 0 Å². The van der Waals surface area contributed by atoms with E-state index < -0.39 is 0 Å². The molecule has 148 valence electrons. The average molecular weight is 408 g/mol. The van der Waals surface area contributed by atoms with Gasteiger partial charge in [0.05, 0.1) is 11.1 Å². The quantitative estimate of drug-likeness (QED) is 0.615. The van der Waals surface area contributed by atoms with Crippen molar-refractivity contribution >= 4 is 39.2 Å². The number of rotatable bonds is 9. The lowest BCUT2D eigenvalue weighted by atomic mass is 10.0. The van der Waals surface area contributed by atoms with Gasteiger partial charge >= 0.3 is 0 Å². The number of aromatic nitrogens is 2. The van der Waals surface area contributed by atoms with E-state index in [2.05, 4.69) is 36.1 Å². The molecule has 0 spiro atoms. The second-order valence-corrected chi connectivity index (χ2v) is 9.98. The fourth-order valence-electron chi connectivity index (χ4n) is 3.45. The summed E-state index contributed by atoms with van der Waals surface area (Å²) in [5.41, 5.74) is 1.21. The first-order chi connectivity index (χ1) is 12.9. The zero-order valence-corrected chi connectivity index (χ0v) is 18.0. The van der Waals surface area contributed by atoms with Crippen LogP contribution in [0.25, 0.3) is 10.2 Å². The summed E-state index contributed by atoms with van der Waals surface area (Å²) in [6.45, 7) is 6.46. The van der Waals surface area contributed by atoms with E-state index in [1.54, 1.807) is 23.1 Å². The highest BCUT2D eigenvalue weighted by molar-refractivity contribution is 7.98. The van der Waals surface area contributed by atoms with Crippen molar-refractivity contribution in [3.8, 4) is 0 Å². The summed E-state index contributed by atoms with van der Waals surface area (Å²) in [6.07, 6.45) is 5.86. The van der Waals surface area contributed by atoms with Crippen LogP contribution in [0.2, 0.25) is 0 Å². The van der Waals surface area contributed by atoms with Gasteiger partial charge in [-0.1, -0.05) is 13.8 Å². The van der Waals surface area contributed by atoms with Crippen LogP contribution < -0.4 is 10.9 Å². The Morgan fingerprint density at radius 3 is 2.89 bits per heavy atom. The number of H-pyrrole nitrogens is 1. The van der Waals surface area contributed by atoms with Crippen LogP contribution in [0.1, 0.15) is 62.7 Å². The fraction of sp³-hybridized carbons (Fsp3) is 0.650. The van der Waals surface area contributed by atoms with Crippen molar-refractivity contribution in [1.82, 2.24) is 15.3 Å². The molecule has 7 heteroatoms. The van der Waals surface area contributed by atoms with Crippen molar-refractivity contribution in [3.05, 3.63) is 26.6 Å². The molecule has 1 aliphatic carbocycles. The highest BCUT2D eigenvalue weighted by Gasteiger charge is 2.21. The molecule has 2 heterocycles. The first kappa shape index (κ1) is 20.4. The molecule has 0 aliphatic heterocycles. The van der Waals surface area contributed by atoms with Crippen molar-refractivity contribution in [2.24, 2.45) is 5.92 Å². The molecule has 2 N–H and O–H groups in total. The number of thiophene rings is 1. The minimum Gasteiger partial charge on any atom is -0.354 e. The lowest BCUT2D eigenvalue weighted by molar-refractivity contribution is -0.121. The first-order valence-corrected chi connectivity index (χ1v) is 11.8. The molecule has 1 unspecified atom stereocenters. The van der Waals surface area contributed by atoms with E-state index in [4.69, 9.17) is 0 Å². The molecular weight excluding hydrogens is 378 g/mol. The van der Waals surface area contributed by atoms with Gasteiger partial charge in [-0.25, -0.2) is 4.98 Å². The van der Waals surface area contributed by atoms with Gasteiger partial charge in [0.1, 0.15) is 10.7 Å². The number of hydrogen-bond acceptors (Lipinski definition) is 5. The van der Waals surface area contributed by atoms with Crippen molar-refractivity contribution in [2.45, 2.75) is 71.1 Å². The predicted molar refractivity (Wildman–Crippen MR) is 115 cm³/mol. The molecule has 0 saturated heterocycles. The van der Waals surface area contributed by atoms with E-state index in [9.17, 15) is 9.59 Å². The summed E-state index contributed by atoms with van der Waals surface area (Å²) in [5.74, 6) is 2.83. The van der Waals surface area contributed by atoms with Crippen LogP contribution in [0, 0.1) is 5.92 Å². The van der Waals surface area contributed by atoms with Crippen LogP contribution in [-0.2, 0) is 23.4 Å². The van der Waals surface area contributed by atoms with Crippen LogP contribution in [0.15, 0.2) is 4.79 Å². The number of aryl methyl sites for hydroxylation is 2. The van der Waals surface area contributed by atoms with E-state index in [1.807, 2.05) is 0 Å². The largest absolute Gasteiger partial charge is 0.354 e. The molecule has 0 fully saturated rings. The molecule has 2 aromatic rings. The number of thioether (sulfide) groups is 1. The van der Waals surface area contributed by atoms with Crippen LogP contribution in [-0.4, -0.2) is 27.7 Å². The van der Waals surface area contributed by atoms with Gasteiger partial charge in [-0.15, -0.1) is 11.3 Å². The first-order valence-electron chi connectivity index (χ1n) is 9.84. The molecule has 27 heavy (non-hydrogen) atoms. The van der Waals surface area contributed by atoms with E-state index in [1.165, 1.54) is 10.4 Å². The number of nitrogens with zero attached hydrogens (tertiary/aromatic N) is 1. The number of carbonyl (C=O) groups is 1. The van der Waals surface area contributed by atoms with Gasteiger partial charge in [0.2, 0.25) is 5.91 Å². The van der Waals surface area contributed by atoms with Crippen LogP contribution in [0.5, 0.6) is 0 Å². The highest BCUT2D eigenvalue weighted by Crippen LogP contribution is 2.34. The summed E-state index contributed by atoms with van der Waals surface area (Å²) in [7, 11) is 0. The van der Waals surface area contributed by atoms with Crippen LogP contribution >= 0.6 is 23.1 Å². The average Bonchev–Trinajstić information content (AvgIpc) is 3.17. The van der Waals surface area contributed by atoms with E-state index in [0.717, 1.165) is 48.1 Å². The Morgan fingerprint density at radius 1 is 1.30 bits per heavy atom. The molecule has 0 saturated carbocycles. The third-order valence-electron chi connectivity index (χ3n) is 4.92. The van der Waals surface area contributed by atoms with Crippen molar-refractivity contribution in [2.75, 3.05) is 5.75 Å². The second kappa shape index (κ2) is 9.24. The monoisotopic (exact) mass is 407 g/mol. The summed E-state index contributed by atoms with van der Waals surface area (Å²) in [5, 5.41) is 3.87. The number of amides is 1. The van der Waals surface area contributed by atoms with Gasteiger partial charge in [-0.2, -0.15) is 11.8 Å². The van der Waals surface area contributed by atoms with E-state index in [-0.39, 0.29) is 17.5 Å². The zero-order valence-electron chi connectivity index (χ0n) is 16.4.